The fourth-order valence-electron chi connectivity index (χ4n) is 0.465. The van der Waals surface area contributed by atoms with Crippen molar-refractivity contribution in [2.45, 2.75) is 13.3 Å². The van der Waals surface area contributed by atoms with Gasteiger partial charge in [0.2, 0.25) is 0 Å². The van der Waals surface area contributed by atoms with Crippen LogP contribution in [-0.4, -0.2) is 24.3 Å². The molecule has 0 aromatic heterocycles. The second-order valence-corrected chi connectivity index (χ2v) is 2.13. The van der Waals surface area contributed by atoms with Crippen molar-refractivity contribution in [1.82, 2.24) is 0 Å². The fourth-order valence-corrected chi connectivity index (χ4v) is 0.465. The molecule has 0 aromatic rings. The predicted molar refractivity (Wildman–Crippen MR) is 40.6 cm³/mol. The zero-order valence-corrected chi connectivity index (χ0v) is 6.54. The van der Waals surface area contributed by atoms with Gasteiger partial charge in [-0.25, -0.2) is 4.79 Å². The van der Waals surface area contributed by atoms with Gasteiger partial charge < -0.3 is 15.6 Å². The molecule has 64 valence electrons. The minimum atomic E-state index is -0.460. The zero-order valence-electron chi connectivity index (χ0n) is 6.54. The van der Waals surface area contributed by atoms with Crippen molar-refractivity contribution >= 4 is 5.97 Å². The lowest BCUT2D eigenvalue weighted by molar-refractivity contribution is -0.138. The van der Waals surface area contributed by atoms with E-state index in [4.69, 9.17) is 10.8 Å². The maximum Gasteiger partial charge on any atom is 0.332 e. The minimum Gasteiger partial charge on any atom is -0.462 e. The van der Waals surface area contributed by atoms with Crippen molar-refractivity contribution in [2.75, 3.05) is 13.2 Å². The van der Waals surface area contributed by atoms with E-state index in [1.807, 2.05) is 0 Å². The van der Waals surface area contributed by atoms with E-state index in [0.717, 1.165) is 0 Å². The van der Waals surface area contributed by atoms with Gasteiger partial charge in [0.05, 0.1) is 6.61 Å². The third kappa shape index (κ3) is 6.86. The second-order valence-electron chi connectivity index (χ2n) is 2.13. The van der Waals surface area contributed by atoms with Gasteiger partial charge in [0.15, 0.2) is 0 Å². The van der Waals surface area contributed by atoms with E-state index in [1.54, 1.807) is 6.92 Å². The Morgan fingerprint density at radius 1 is 1.73 bits per heavy atom. The van der Waals surface area contributed by atoms with E-state index >= 15 is 0 Å². The normalized spacial score (nSPS) is 11.3. The molecule has 4 heteroatoms. The summed E-state index contributed by atoms with van der Waals surface area (Å²) in [6, 6.07) is 0. The largest absolute Gasteiger partial charge is 0.462 e. The number of hydrogen-bond acceptors (Lipinski definition) is 4. The van der Waals surface area contributed by atoms with Crippen molar-refractivity contribution in [2.24, 2.45) is 5.73 Å². The van der Waals surface area contributed by atoms with E-state index in [9.17, 15) is 4.79 Å². The van der Waals surface area contributed by atoms with Crippen LogP contribution in [0.2, 0.25) is 0 Å². The smallest absolute Gasteiger partial charge is 0.332 e. The van der Waals surface area contributed by atoms with Crippen LogP contribution in [0.5, 0.6) is 0 Å². The van der Waals surface area contributed by atoms with Crippen LogP contribution in [0.15, 0.2) is 11.8 Å². The van der Waals surface area contributed by atoms with Gasteiger partial charge >= 0.3 is 5.97 Å². The molecule has 0 aliphatic rings. The highest BCUT2D eigenvalue weighted by Crippen LogP contribution is 1.87. The van der Waals surface area contributed by atoms with Crippen LogP contribution in [0.25, 0.3) is 0 Å². The standard InChI is InChI=1S/C7H13NO3/c1-6(8)5-7(10)11-4-2-3-9/h5,9H,2-4,8H2,1H3/b6-5-. The summed E-state index contributed by atoms with van der Waals surface area (Å²) in [5.41, 5.74) is 5.62. The molecule has 0 amide bonds. The summed E-state index contributed by atoms with van der Waals surface area (Å²) in [7, 11) is 0. The molecule has 0 aromatic carbocycles. The first-order valence-corrected chi connectivity index (χ1v) is 3.38. The first-order valence-electron chi connectivity index (χ1n) is 3.38. The van der Waals surface area contributed by atoms with Crippen molar-refractivity contribution < 1.29 is 14.6 Å². The third-order valence-corrected chi connectivity index (χ3v) is 0.892. The van der Waals surface area contributed by atoms with Gasteiger partial charge in [0.25, 0.3) is 0 Å². The molecular weight excluding hydrogens is 146 g/mol. The number of rotatable bonds is 4. The maximum atomic E-state index is 10.7. The summed E-state index contributed by atoms with van der Waals surface area (Å²) < 4.78 is 4.64. The fraction of sp³-hybridized carbons (Fsp3) is 0.571. The molecule has 0 atom stereocenters. The number of allylic oxidation sites excluding steroid dienone is 1. The molecule has 0 aliphatic carbocycles. The Morgan fingerprint density at radius 3 is 2.82 bits per heavy atom. The van der Waals surface area contributed by atoms with Crippen LogP contribution in [0.3, 0.4) is 0 Å². The first-order chi connectivity index (χ1) is 5.16. The number of nitrogens with two attached hydrogens (primary N) is 1. The van der Waals surface area contributed by atoms with Gasteiger partial charge in [-0.05, 0) is 6.92 Å². The van der Waals surface area contributed by atoms with E-state index in [0.29, 0.717) is 12.1 Å². The van der Waals surface area contributed by atoms with Crippen LogP contribution >= 0.6 is 0 Å². The molecule has 4 nitrogen and oxygen atoms in total. The Kier molecular flexibility index (Phi) is 5.20. The Morgan fingerprint density at radius 2 is 2.36 bits per heavy atom. The molecule has 0 rings (SSSR count). The molecule has 3 N–H and O–H groups in total. The molecule has 0 fully saturated rings. The topological polar surface area (TPSA) is 72.6 Å². The average molecular weight is 159 g/mol. The lowest BCUT2D eigenvalue weighted by Gasteiger charge is -1.98. The first kappa shape index (κ1) is 9.97. The molecule has 0 spiro atoms. The predicted octanol–water partition coefficient (Wildman–Crippen LogP) is -0.225. The van der Waals surface area contributed by atoms with E-state index < -0.39 is 5.97 Å². The van der Waals surface area contributed by atoms with Gasteiger partial charge in [0, 0.05) is 24.8 Å². The summed E-state index contributed by atoms with van der Waals surface area (Å²) in [5, 5.41) is 8.33. The Balaban J connectivity index is 3.46. The molecule has 11 heavy (non-hydrogen) atoms. The van der Waals surface area contributed by atoms with Crippen LogP contribution in [0, 0.1) is 0 Å². The van der Waals surface area contributed by atoms with Gasteiger partial charge in [-0.1, -0.05) is 0 Å². The van der Waals surface area contributed by atoms with Crippen molar-refractivity contribution in [3.63, 3.8) is 0 Å². The summed E-state index contributed by atoms with van der Waals surface area (Å²) in [6.07, 6.45) is 1.67. The zero-order chi connectivity index (χ0) is 8.69. The van der Waals surface area contributed by atoms with Crippen LogP contribution in [-0.2, 0) is 9.53 Å². The highest BCUT2D eigenvalue weighted by molar-refractivity contribution is 5.82. The van der Waals surface area contributed by atoms with Gasteiger partial charge in [-0.2, -0.15) is 0 Å². The van der Waals surface area contributed by atoms with Gasteiger partial charge in [-0.3, -0.25) is 0 Å². The number of aliphatic hydroxyl groups excluding tert-OH is 1. The lowest BCUT2D eigenvalue weighted by atomic mass is 10.4. The number of carbonyl (C=O) groups excluding carboxylic acids is 1. The van der Waals surface area contributed by atoms with Crippen molar-refractivity contribution in [3.8, 4) is 0 Å². The number of hydrogen-bond donors (Lipinski definition) is 2. The lowest BCUT2D eigenvalue weighted by Crippen LogP contribution is -2.06. The molecular formula is C7H13NO3. The number of carbonyl (C=O) groups is 1. The molecule has 0 bridgehead atoms. The van der Waals surface area contributed by atoms with Crippen LogP contribution in [0.1, 0.15) is 13.3 Å². The SMILES string of the molecule is C/C(N)=C/C(=O)OCCCO. The Bertz CT molecular complexity index is 150. The molecule has 0 radical (unpaired) electrons. The van der Waals surface area contributed by atoms with Gasteiger partial charge in [0.1, 0.15) is 0 Å². The number of aliphatic hydroxyl groups is 1. The maximum absolute atomic E-state index is 10.7. The molecule has 0 aliphatic heterocycles. The van der Waals surface area contributed by atoms with E-state index in [1.165, 1.54) is 6.08 Å². The highest BCUT2D eigenvalue weighted by Gasteiger charge is 1.95. The van der Waals surface area contributed by atoms with E-state index in [2.05, 4.69) is 4.74 Å². The second kappa shape index (κ2) is 5.73. The van der Waals surface area contributed by atoms with E-state index in [-0.39, 0.29) is 13.2 Å². The Hall–Kier alpha value is -1.03. The summed E-state index contributed by atoms with van der Waals surface area (Å²) in [6.45, 7) is 1.87. The minimum absolute atomic E-state index is 0.0264. The quantitative estimate of drug-likeness (QED) is 0.338. The van der Waals surface area contributed by atoms with Gasteiger partial charge in [-0.15, -0.1) is 0 Å². The number of esters is 1. The number of ether oxygens (including phenoxy) is 1. The molecule has 0 saturated carbocycles. The van der Waals surface area contributed by atoms with Crippen molar-refractivity contribution in [1.29, 1.82) is 0 Å². The van der Waals surface area contributed by atoms with Crippen molar-refractivity contribution in [3.05, 3.63) is 11.8 Å². The molecule has 0 saturated heterocycles. The molecule has 0 heterocycles. The van der Waals surface area contributed by atoms with Crippen LogP contribution in [0.4, 0.5) is 0 Å². The summed E-state index contributed by atoms with van der Waals surface area (Å²) >= 11 is 0. The Labute approximate surface area is 65.6 Å². The third-order valence-electron chi connectivity index (χ3n) is 0.892. The monoisotopic (exact) mass is 159 g/mol. The highest BCUT2D eigenvalue weighted by atomic mass is 16.5. The molecule has 0 unspecified atom stereocenters. The van der Waals surface area contributed by atoms with Crippen LogP contribution < -0.4 is 5.73 Å². The summed E-state index contributed by atoms with van der Waals surface area (Å²) in [4.78, 5) is 10.7. The summed E-state index contributed by atoms with van der Waals surface area (Å²) in [5.74, 6) is -0.460. The average Bonchev–Trinajstić information content (AvgIpc) is 1.86.